The van der Waals surface area contributed by atoms with E-state index in [2.05, 4.69) is 20.8 Å². The van der Waals surface area contributed by atoms with Gasteiger partial charge in [0.2, 0.25) is 16.0 Å². The second-order valence-corrected chi connectivity index (χ2v) is 13.9. The summed E-state index contributed by atoms with van der Waals surface area (Å²) in [7, 11) is 3.36. The highest BCUT2D eigenvalue weighted by atomic mass is 32.2. The Hall–Kier alpha value is -3.01. The van der Waals surface area contributed by atoms with E-state index in [1.165, 1.54) is 29.8 Å². The van der Waals surface area contributed by atoms with Crippen LogP contribution >= 0.6 is 0 Å². The highest BCUT2D eigenvalue weighted by Crippen LogP contribution is 2.64. The Balaban J connectivity index is 1.48. The summed E-state index contributed by atoms with van der Waals surface area (Å²) in [6.07, 6.45) is 2.15. The number of methoxy groups -OCH3 is 1. The Morgan fingerprint density at radius 2 is 1.95 bits per heavy atom. The quantitative estimate of drug-likeness (QED) is 0.244. The summed E-state index contributed by atoms with van der Waals surface area (Å²) in [5.41, 5.74) is 1.74. The number of halogens is 3. The number of ether oxygens (including phenoxy) is 1. The van der Waals surface area contributed by atoms with Gasteiger partial charge in [-0.25, -0.2) is 28.2 Å². The molecule has 1 heterocycles. The van der Waals surface area contributed by atoms with Gasteiger partial charge in [0, 0.05) is 31.4 Å². The van der Waals surface area contributed by atoms with Crippen LogP contribution in [0, 0.1) is 11.3 Å². The van der Waals surface area contributed by atoms with Gasteiger partial charge in [-0.1, -0.05) is 12.8 Å². The summed E-state index contributed by atoms with van der Waals surface area (Å²) >= 11 is 0. The second-order valence-electron chi connectivity index (χ2n) is 11.9. The molecule has 11 nitrogen and oxygen atoms in total. The zero-order valence-corrected chi connectivity index (χ0v) is 26.5. The molecule has 1 spiro atoms. The van der Waals surface area contributed by atoms with Gasteiger partial charge < -0.3 is 15.0 Å². The molecule has 2 aromatic rings. The van der Waals surface area contributed by atoms with E-state index < -0.39 is 27.7 Å². The zero-order chi connectivity index (χ0) is 32.3. The van der Waals surface area contributed by atoms with Crippen molar-refractivity contribution >= 4 is 27.6 Å². The van der Waals surface area contributed by atoms with Gasteiger partial charge in [0.25, 0.3) is 5.91 Å². The Kier molecular flexibility index (Phi) is 10.4. The largest absolute Gasteiger partial charge is 0.495 e. The Bertz CT molecular complexity index is 1440. The molecule has 2 fully saturated rings. The van der Waals surface area contributed by atoms with Crippen LogP contribution in [0.25, 0.3) is 0 Å². The molecular weight excluding hydrogens is 601 g/mol. The highest BCUT2D eigenvalue weighted by molar-refractivity contribution is 7.88. The maximum atomic E-state index is 13.9. The van der Waals surface area contributed by atoms with Crippen molar-refractivity contribution < 1.29 is 36.0 Å². The van der Waals surface area contributed by atoms with E-state index in [1.807, 2.05) is 19.0 Å². The minimum absolute atomic E-state index is 0.0478. The normalized spacial score (nSPS) is 22.0. The molecule has 2 aliphatic rings. The SMILES string of the molecule is COc1cc(C(=O)NOCCN(C)C)ccc1Nc1ncc(C(F)(F)F)c(CC[C@H]2C[C@@]23CCCC[C@H]3N(C)S(C)(=O)=O)n1. The van der Waals surface area contributed by atoms with Crippen LogP contribution in [0.2, 0.25) is 0 Å². The average molecular weight is 643 g/mol. The number of benzene rings is 1. The molecule has 3 atom stereocenters. The Morgan fingerprint density at radius 3 is 2.61 bits per heavy atom. The zero-order valence-electron chi connectivity index (χ0n) is 25.7. The van der Waals surface area contributed by atoms with Gasteiger partial charge in [0.15, 0.2) is 0 Å². The minimum Gasteiger partial charge on any atom is -0.495 e. The number of likely N-dealkylation sites (N-methyl/N-ethyl adjacent to an activating group) is 1. The van der Waals surface area contributed by atoms with Crippen LogP contribution in [-0.2, 0) is 27.5 Å². The van der Waals surface area contributed by atoms with E-state index >= 15 is 0 Å². The fourth-order valence-corrected chi connectivity index (χ4v) is 6.98. The number of aromatic nitrogens is 2. The number of carbonyl (C=O) groups is 1. The lowest BCUT2D eigenvalue weighted by molar-refractivity contribution is -0.138. The summed E-state index contributed by atoms with van der Waals surface area (Å²) in [6, 6.07) is 4.38. The molecule has 0 bridgehead atoms. The molecule has 1 aromatic heterocycles. The molecule has 1 aromatic carbocycles. The maximum absolute atomic E-state index is 13.9. The van der Waals surface area contributed by atoms with E-state index in [0.717, 1.165) is 38.3 Å². The monoisotopic (exact) mass is 642 g/mol. The molecule has 0 aliphatic heterocycles. The number of carbonyl (C=O) groups excluding carboxylic acids is 1. The molecule has 2 aliphatic carbocycles. The Morgan fingerprint density at radius 1 is 1.20 bits per heavy atom. The summed E-state index contributed by atoms with van der Waals surface area (Å²) < 4.78 is 73.2. The van der Waals surface area contributed by atoms with Gasteiger partial charge >= 0.3 is 6.18 Å². The van der Waals surface area contributed by atoms with Crippen LogP contribution in [0.5, 0.6) is 5.75 Å². The third-order valence-electron chi connectivity index (χ3n) is 8.69. The summed E-state index contributed by atoms with van der Waals surface area (Å²) in [5, 5.41) is 2.92. The third kappa shape index (κ3) is 7.98. The van der Waals surface area contributed by atoms with Gasteiger partial charge in [0.05, 0.1) is 36.9 Å². The molecule has 44 heavy (non-hydrogen) atoms. The number of anilines is 2. The van der Waals surface area contributed by atoms with Crippen molar-refractivity contribution in [3.8, 4) is 5.75 Å². The van der Waals surface area contributed by atoms with Gasteiger partial charge in [-0.05, 0) is 75.7 Å². The first kappa shape index (κ1) is 33.9. The second kappa shape index (κ2) is 13.5. The van der Waals surface area contributed by atoms with E-state index in [0.29, 0.717) is 25.3 Å². The first-order valence-electron chi connectivity index (χ1n) is 14.5. The Labute approximate surface area is 256 Å². The highest BCUT2D eigenvalue weighted by Gasteiger charge is 2.60. The summed E-state index contributed by atoms with van der Waals surface area (Å²) in [5.74, 6) is -0.166. The van der Waals surface area contributed by atoms with Crippen LogP contribution in [0.1, 0.15) is 60.1 Å². The number of alkyl halides is 3. The topological polar surface area (TPSA) is 126 Å². The van der Waals surface area contributed by atoms with Crippen LogP contribution in [0.15, 0.2) is 24.4 Å². The van der Waals surface area contributed by atoms with Crippen LogP contribution in [-0.4, -0.2) is 87.2 Å². The molecular formula is C29H41F3N6O5S. The number of aryl methyl sites for hydroxylation is 1. The molecule has 0 radical (unpaired) electrons. The molecule has 1 amide bonds. The molecule has 244 valence electrons. The number of nitrogens with zero attached hydrogens (tertiary/aromatic N) is 4. The number of hydrogen-bond acceptors (Lipinski definition) is 9. The predicted octanol–water partition coefficient (Wildman–Crippen LogP) is 4.24. The lowest BCUT2D eigenvalue weighted by atomic mass is 9.79. The van der Waals surface area contributed by atoms with E-state index in [4.69, 9.17) is 9.57 Å². The standard InChI is InChI=1S/C29H41F3N6O5S/c1-37(2)14-15-43-36-26(39)19-9-11-23(24(16-19)42-4)35-27-33-18-21(29(30,31)32)22(34-27)12-10-20-17-28(20)13-7-6-8-25(28)38(3)44(5,40)41/h9,11,16,18,20,25H,6-8,10,12-15,17H2,1-5H3,(H,36,39)(H,33,34,35)/t20-,25+,28-/m0/s1. The molecule has 0 saturated heterocycles. The van der Waals surface area contributed by atoms with Gasteiger partial charge in [-0.15, -0.1) is 0 Å². The lowest BCUT2D eigenvalue weighted by Crippen LogP contribution is -2.45. The average Bonchev–Trinajstić information content (AvgIpc) is 3.64. The van der Waals surface area contributed by atoms with E-state index in [9.17, 15) is 26.4 Å². The molecule has 0 unspecified atom stereocenters. The number of nitrogens with one attached hydrogen (secondary N) is 2. The van der Waals surface area contributed by atoms with Gasteiger partial charge in [0.1, 0.15) is 5.75 Å². The van der Waals surface area contributed by atoms with Gasteiger partial charge in [-0.3, -0.25) is 9.63 Å². The summed E-state index contributed by atoms with van der Waals surface area (Å²) in [6.45, 7) is 0.910. The van der Waals surface area contributed by atoms with Crippen molar-refractivity contribution in [3.63, 3.8) is 0 Å². The summed E-state index contributed by atoms with van der Waals surface area (Å²) in [4.78, 5) is 27.7. The number of amides is 1. The van der Waals surface area contributed by atoms with Crippen molar-refractivity contribution in [2.45, 2.75) is 57.2 Å². The van der Waals surface area contributed by atoms with Crippen molar-refractivity contribution in [1.82, 2.24) is 24.7 Å². The maximum Gasteiger partial charge on any atom is 0.419 e. The van der Waals surface area contributed by atoms with E-state index in [-0.39, 0.29) is 46.8 Å². The van der Waals surface area contributed by atoms with Crippen molar-refractivity contribution in [3.05, 3.63) is 41.2 Å². The molecule has 4 rings (SSSR count). The lowest BCUT2D eigenvalue weighted by Gasteiger charge is -2.38. The number of sulfonamides is 1. The molecule has 2 N–H and O–H groups in total. The van der Waals surface area contributed by atoms with Crippen LogP contribution in [0.4, 0.5) is 24.8 Å². The number of rotatable bonds is 13. The van der Waals surface area contributed by atoms with Crippen molar-refractivity contribution in [1.29, 1.82) is 0 Å². The third-order valence-corrected chi connectivity index (χ3v) is 9.99. The van der Waals surface area contributed by atoms with Crippen LogP contribution in [0.3, 0.4) is 0 Å². The van der Waals surface area contributed by atoms with Crippen molar-refractivity contribution in [2.75, 3.05) is 53.0 Å². The fourth-order valence-electron chi connectivity index (χ4n) is 6.20. The first-order valence-corrected chi connectivity index (χ1v) is 16.4. The van der Waals surface area contributed by atoms with Gasteiger partial charge in [-0.2, -0.15) is 13.2 Å². The fraction of sp³-hybridized carbons (Fsp3) is 0.621. The number of hydroxylamine groups is 1. The molecule has 2 saturated carbocycles. The van der Waals surface area contributed by atoms with Crippen LogP contribution < -0.4 is 15.5 Å². The molecule has 15 heteroatoms. The van der Waals surface area contributed by atoms with E-state index in [1.54, 1.807) is 13.1 Å². The first-order chi connectivity index (χ1) is 20.7. The smallest absolute Gasteiger partial charge is 0.419 e. The minimum atomic E-state index is -4.64. The van der Waals surface area contributed by atoms with Crippen molar-refractivity contribution in [2.24, 2.45) is 11.3 Å². The predicted molar refractivity (Wildman–Crippen MR) is 159 cm³/mol. The number of hydrogen-bond donors (Lipinski definition) is 2.